The minimum Gasteiger partial charge on any atom is -0.313 e. The lowest BCUT2D eigenvalue weighted by atomic mass is 9.96. The maximum atomic E-state index is 4.38. The van der Waals surface area contributed by atoms with E-state index in [9.17, 15) is 0 Å². The van der Waals surface area contributed by atoms with Crippen LogP contribution < -0.4 is 5.32 Å². The van der Waals surface area contributed by atoms with Crippen molar-refractivity contribution in [2.75, 3.05) is 7.05 Å². The van der Waals surface area contributed by atoms with E-state index in [1.165, 1.54) is 18.4 Å². The normalized spacial score (nSPS) is 15.0. The first-order chi connectivity index (χ1) is 7.71. The Morgan fingerprint density at radius 3 is 2.75 bits per heavy atom. The van der Waals surface area contributed by atoms with Gasteiger partial charge in [-0.3, -0.25) is 4.68 Å². The highest BCUT2D eigenvalue weighted by Gasteiger charge is 2.14. The molecule has 92 valence electrons. The topological polar surface area (TPSA) is 29.9 Å². The Hall–Kier alpha value is -0.830. The van der Waals surface area contributed by atoms with Gasteiger partial charge in [0.05, 0.1) is 6.20 Å². The lowest BCUT2D eigenvalue weighted by Gasteiger charge is -2.18. The van der Waals surface area contributed by atoms with E-state index in [4.69, 9.17) is 0 Å². The van der Waals surface area contributed by atoms with Gasteiger partial charge in [-0.15, -0.1) is 0 Å². The third-order valence-corrected chi connectivity index (χ3v) is 3.19. The van der Waals surface area contributed by atoms with Crippen molar-refractivity contribution in [2.24, 2.45) is 5.92 Å². The summed E-state index contributed by atoms with van der Waals surface area (Å²) >= 11 is 0. The summed E-state index contributed by atoms with van der Waals surface area (Å²) in [6, 6.07) is 0.445. The van der Waals surface area contributed by atoms with E-state index in [0.717, 1.165) is 18.9 Å². The minimum atomic E-state index is 0.445. The maximum absolute atomic E-state index is 4.38. The first kappa shape index (κ1) is 13.2. The summed E-state index contributed by atoms with van der Waals surface area (Å²) < 4.78 is 2.04. The summed E-state index contributed by atoms with van der Waals surface area (Å²) in [6.45, 7) is 7.74. The van der Waals surface area contributed by atoms with Crippen LogP contribution in [0.15, 0.2) is 12.4 Å². The molecule has 0 saturated carbocycles. The summed E-state index contributed by atoms with van der Waals surface area (Å²) in [7, 11) is 2.03. The van der Waals surface area contributed by atoms with Crippen LogP contribution in [0.1, 0.15) is 51.6 Å². The van der Waals surface area contributed by atoms with Gasteiger partial charge >= 0.3 is 0 Å². The van der Waals surface area contributed by atoms with Crippen molar-refractivity contribution in [2.45, 2.75) is 52.6 Å². The van der Waals surface area contributed by atoms with Crippen LogP contribution in [0.5, 0.6) is 0 Å². The van der Waals surface area contributed by atoms with Gasteiger partial charge in [0.15, 0.2) is 0 Å². The van der Waals surface area contributed by atoms with Crippen LogP contribution in [0, 0.1) is 5.92 Å². The molecule has 0 amide bonds. The molecule has 0 aliphatic carbocycles. The average Bonchev–Trinajstić information content (AvgIpc) is 2.74. The Labute approximate surface area is 99.2 Å². The summed E-state index contributed by atoms with van der Waals surface area (Å²) in [5, 5.41) is 7.77. The molecular formula is C13H25N3. The Morgan fingerprint density at radius 1 is 1.44 bits per heavy atom. The van der Waals surface area contributed by atoms with Gasteiger partial charge in [-0.1, -0.05) is 27.2 Å². The molecular weight excluding hydrogens is 198 g/mol. The number of nitrogens with zero attached hydrogens (tertiary/aromatic N) is 2. The van der Waals surface area contributed by atoms with Gasteiger partial charge in [0, 0.05) is 24.3 Å². The number of aryl methyl sites for hydroxylation is 1. The zero-order chi connectivity index (χ0) is 12.0. The molecule has 2 unspecified atom stereocenters. The van der Waals surface area contributed by atoms with E-state index >= 15 is 0 Å². The Bertz CT molecular complexity index is 293. The number of aromatic nitrogens is 2. The van der Waals surface area contributed by atoms with E-state index < -0.39 is 0 Å². The molecule has 3 heteroatoms. The van der Waals surface area contributed by atoms with E-state index in [0.29, 0.717) is 6.04 Å². The lowest BCUT2D eigenvalue weighted by Crippen LogP contribution is -2.18. The molecule has 1 rings (SSSR count). The Balaban J connectivity index is 2.63. The van der Waals surface area contributed by atoms with Crippen molar-refractivity contribution in [1.29, 1.82) is 0 Å². The van der Waals surface area contributed by atoms with E-state index in [1.54, 1.807) is 0 Å². The number of rotatable bonds is 7. The largest absolute Gasteiger partial charge is 0.313 e. The monoisotopic (exact) mass is 223 g/mol. The van der Waals surface area contributed by atoms with Gasteiger partial charge in [-0.25, -0.2) is 0 Å². The van der Waals surface area contributed by atoms with Gasteiger partial charge in [0.1, 0.15) is 0 Å². The van der Waals surface area contributed by atoms with Gasteiger partial charge in [-0.2, -0.15) is 5.10 Å². The van der Waals surface area contributed by atoms with Crippen molar-refractivity contribution < 1.29 is 0 Å². The maximum Gasteiger partial charge on any atom is 0.0537 e. The molecule has 16 heavy (non-hydrogen) atoms. The van der Waals surface area contributed by atoms with Crippen LogP contribution in [0.25, 0.3) is 0 Å². The fraction of sp³-hybridized carbons (Fsp3) is 0.769. The van der Waals surface area contributed by atoms with Crippen LogP contribution in [0.2, 0.25) is 0 Å². The third-order valence-electron chi connectivity index (χ3n) is 3.19. The number of nitrogens with one attached hydrogen (secondary N) is 1. The molecule has 1 N–H and O–H groups in total. The van der Waals surface area contributed by atoms with E-state index in [1.807, 2.05) is 17.9 Å². The highest BCUT2D eigenvalue weighted by atomic mass is 15.3. The molecule has 0 aliphatic heterocycles. The van der Waals surface area contributed by atoms with Crippen LogP contribution in [-0.2, 0) is 6.54 Å². The second kappa shape index (κ2) is 6.69. The molecule has 0 aliphatic rings. The molecule has 0 saturated heterocycles. The fourth-order valence-electron chi connectivity index (χ4n) is 1.90. The Kier molecular flexibility index (Phi) is 5.53. The second-order valence-corrected chi connectivity index (χ2v) is 4.63. The lowest BCUT2D eigenvalue weighted by molar-refractivity contribution is 0.421. The molecule has 2 atom stereocenters. The van der Waals surface area contributed by atoms with Crippen molar-refractivity contribution in [3.63, 3.8) is 0 Å². The van der Waals surface area contributed by atoms with Gasteiger partial charge in [-0.05, 0) is 25.8 Å². The fourth-order valence-corrected chi connectivity index (χ4v) is 1.90. The Morgan fingerprint density at radius 2 is 2.19 bits per heavy atom. The summed E-state index contributed by atoms with van der Waals surface area (Å²) in [4.78, 5) is 0. The van der Waals surface area contributed by atoms with Crippen molar-refractivity contribution >= 4 is 0 Å². The molecule has 3 nitrogen and oxygen atoms in total. The molecule has 0 spiro atoms. The first-order valence-electron chi connectivity index (χ1n) is 6.40. The highest BCUT2D eigenvalue weighted by Crippen LogP contribution is 2.22. The quantitative estimate of drug-likeness (QED) is 0.770. The van der Waals surface area contributed by atoms with Gasteiger partial charge in [0.25, 0.3) is 0 Å². The molecule has 1 aromatic rings. The smallest absolute Gasteiger partial charge is 0.0537 e. The standard InChI is InChI=1S/C13H25N3/c1-5-7-16-10-12(9-15-16)13(14-4)8-11(3)6-2/h9-11,13-14H,5-8H2,1-4H3. The zero-order valence-corrected chi connectivity index (χ0v) is 11.0. The molecule has 0 aromatic carbocycles. The molecule has 0 fully saturated rings. The molecule has 1 heterocycles. The predicted molar refractivity (Wildman–Crippen MR) is 68.4 cm³/mol. The molecule has 1 aromatic heterocycles. The van der Waals surface area contributed by atoms with Crippen molar-refractivity contribution in [3.05, 3.63) is 18.0 Å². The summed E-state index contributed by atoms with van der Waals surface area (Å²) in [5.74, 6) is 0.756. The second-order valence-electron chi connectivity index (χ2n) is 4.63. The van der Waals surface area contributed by atoms with E-state index in [-0.39, 0.29) is 0 Å². The average molecular weight is 223 g/mol. The zero-order valence-electron chi connectivity index (χ0n) is 11.0. The predicted octanol–water partition coefficient (Wildman–Crippen LogP) is 2.99. The first-order valence-corrected chi connectivity index (χ1v) is 6.40. The number of hydrogen-bond acceptors (Lipinski definition) is 2. The van der Waals surface area contributed by atoms with Crippen LogP contribution in [0.3, 0.4) is 0 Å². The summed E-state index contributed by atoms with van der Waals surface area (Å²) in [6.07, 6.45) is 7.73. The SMILES string of the molecule is CCCn1cc(C(CC(C)CC)NC)cn1. The third kappa shape index (κ3) is 3.63. The highest BCUT2D eigenvalue weighted by molar-refractivity contribution is 5.10. The summed E-state index contributed by atoms with van der Waals surface area (Å²) in [5.41, 5.74) is 1.32. The van der Waals surface area contributed by atoms with E-state index in [2.05, 4.69) is 37.4 Å². The molecule has 0 radical (unpaired) electrons. The van der Waals surface area contributed by atoms with Gasteiger partial charge < -0.3 is 5.32 Å². The van der Waals surface area contributed by atoms with Crippen LogP contribution in [-0.4, -0.2) is 16.8 Å². The van der Waals surface area contributed by atoms with Crippen molar-refractivity contribution in [3.8, 4) is 0 Å². The van der Waals surface area contributed by atoms with Crippen LogP contribution >= 0.6 is 0 Å². The number of hydrogen-bond donors (Lipinski definition) is 1. The van der Waals surface area contributed by atoms with Gasteiger partial charge in [0.2, 0.25) is 0 Å². The van der Waals surface area contributed by atoms with Crippen LogP contribution in [0.4, 0.5) is 0 Å². The molecule has 0 bridgehead atoms. The van der Waals surface area contributed by atoms with Crippen molar-refractivity contribution in [1.82, 2.24) is 15.1 Å². The minimum absolute atomic E-state index is 0.445.